The number of aryl methyl sites for hydroxylation is 1. The highest BCUT2D eigenvalue weighted by Gasteiger charge is 2.11. The minimum atomic E-state index is 0.515. The molecule has 0 aliphatic heterocycles. The minimum absolute atomic E-state index is 0.515. The third kappa shape index (κ3) is 2.74. The van der Waals surface area contributed by atoms with Gasteiger partial charge in [0.25, 0.3) is 0 Å². The smallest absolute Gasteiger partial charge is 0.111 e. The molecule has 0 saturated heterocycles. The van der Waals surface area contributed by atoms with Gasteiger partial charge in [-0.05, 0) is 29.8 Å². The summed E-state index contributed by atoms with van der Waals surface area (Å²) in [6, 6.07) is 11.6. The lowest BCUT2D eigenvalue weighted by Gasteiger charge is -2.08. The van der Waals surface area contributed by atoms with Crippen molar-refractivity contribution in [1.82, 2.24) is 14.5 Å². The van der Waals surface area contributed by atoms with Gasteiger partial charge in [0.1, 0.15) is 5.82 Å². The van der Waals surface area contributed by atoms with Gasteiger partial charge in [0, 0.05) is 24.7 Å². The van der Waals surface area contributed by atoms with Crippen molar-refractivity contribution < 1.29 is 0 Å². The van der Waals surface area contributed by atoms with Gasteiger partial charge >= 0.3 is 0 Å². The van der Waals surface area contributed by atoms with E-state index < -0.39 is 0 Å². The van der Waals surface area contributed by atoms with Crippen LogP contribution < -0.4 is 0 Å². The van der Waals surface area contributed by atoms with E-state index in [9.17, 15) is 0 Å². The van der Waals surface area contributed by atoms with E-state index in [0.29, 0.717) is 24.4 Å². The van der Waals surface area contributed by atoms with E-state index in [2.05, 4.69) is 20.6 Å². The van der Waals surface area contributed by atoms with Crippen molar-refractivity contribution in [3.05, 3.63) is 59.7 Å². The molecule has 0 unspecified atom stereocenters. The van der Waals surface area contributed by atoms with Crippen LogP contribution in [0.15, 0.2) is 42.7 Å². The maximum absolute atomic E-state index is 9.08. The third-order valence-electron chi connectivity index (χ3n) is 3.34. The van der Waals surface area contributed by atoms with Gasteiger partial charge in [0.05, 0.1) is 29.2 Å². The molecule has 21 heavy (non-hydrogen) atoms. The number of alkyl halides is 1. The first-order chi connectivity index (χ1) is 10.3. The normalized spacial score (nSPS) is 10.7. The zero-order valence-electron chi connectivity index (χ0n) is 11.3. The van der Waals surface area contributed by atoms with Gasteiger partial charge in [0.15, 0.2) is 0 Å². The fourth-order valence-corrected chi connectivity index (χ4v) is 2.54. The third-order valence-corrected chi connectivity index (χ3v) is 3.53. The molecule has 1 aromatic carbocycles. The second-order valence-corrected chi connectivity index (χ2v) is 5.11. The van der Waals surface area contributed by atoms with Crippen LogP contribution in [-0.4, -0.2) is 20.4 Å². The molecular formula is C16H13ClN4. The SMILES string of the molecule is N#Cc1ccc2nc(CCCl)n(Cc3cccnc3)c2c1. The number of hydrogen-bond donors (Lipinski definition) is 0. The van der Waals surface area contributed by atoms with Crippen molar-refractivity contribution in [3.8, 4) is 6.07 Å². The first-order valence-electron chi connectivity index (χ1n) is 6.66. The monoisotopic (exact) mass is 296 g/mol. The lowest BCUT2D eigenvalue weighted by Crippen LogP contribution is -2.06. The van der Waals surface area contributed by atoms with Crippen molar-refractivity contribution in [2.75, 3.05) is 5.88 Å². The molecule has 0 fully saturated rings. The predicted octanol–water partition coefficient (Wildman–Crippen LogP) is 3.13. The summed E-state index contributed by atoms with van der Waals surface area (Å²) in [7, 11) is 0. The average Bonchev–Trinajstić information content (AvgIpc) is 2.86. The summed E-state index contributed by atoms with van der Waals surface area (Å²) in [6.07, 6.45) is 4.28. The molecule has 0 N–H and O–H groups in total. The van der Waals surface area contributed by atoms with E-state index in [-0.39, 0.29) is 0 Å². The quantitative estimate of drug-likeness (QED) is 0.695. The van der Waals surface area contributed by atoms with Crippen LogP contribution in [-0.2, 0) is 13.0 Å². The van der Waals surface area contributed by atoms with Crippen molar-refractivity contribution >= 4 is 22.6 Å². The van der Waals surface area contributed by atoms with Crippen LogP contribution in [0.25, 0.3) is 11.0 Å². The van der Waals surface area contributed by atoms with Gasteiger partial charge < -0.3 is 4.57 Å². The molecule has 0 spiro atoms. The summed E-state index contributed by atoms with van der Waals surface area (Å²) in [4.78, 5) is 8.77. The Balaban J connectivity index is 2.12. The number of nitriles is 1. The average molecular weight is 297 g/mol. The molecule has 3 rings (SSSR count). The molecule has 0 amide bonds. The summed E-state index contributed by atoms with van der Waals surface area (Å²) in [5, 5.41) is 9.08. The summed E-state index contributed by atoms with van der Waals surface area (Å²) in [6.45, 7) is 0.672. The lowest BCUT2D eigenvalue weighted by molar-refractivity contribution is 0.752. The van der Waals surface area contributed by atoms with Gasteiger partial charge in [-0.1, -0.05) is 6.07 Å². The number of imidazole rings is 1. The van der Waals surface area contributed by atoms with Crippen LogP contribution in [0.4, 0.5) is 0 Å². The molecule has 0 atom stereocenters. The number of pyridine rings is 1. The van der Waals surface area contributed by atoms with Crippen LogP contribution >= 0.6 is 11.6 Å². The van der Waals surface area contributed by atoms with Crippen molar-refractivity contribution in [2.45, 2.75) is 13.0 Å². The Kier molecular flexibility index (Phi) is 3.85. The topological polar surface area (TPSA) is 54.5 Å². The highest BCUT2D eigenvalue weighted by Crippen LogP contribution is 2.20. The van der Waals surface area contributed by atoms with E-state index in [0.717, 1.165) is 22.4 Å². The Morgan fingerprint density at radius 1 is 1.29 bits per heavy atom. The summed E-state index contributed by atoms with van der Waals surface area (Å²) < 4.78 is 2.11. The lowest BCUT2D eigenvalue weighted by atomic mass is 10.2. The Hall–Kier alpha value is -2.38. The summed E-state index contributed by atoms with van der Waals surface area (Å²) in [5.74, 6) is 1.44. The number of aromatic nitrogens is 3. The van der Waals surface area contributed by atoms with Gasteiger partial charge in [-0.3, -0.25) is 4.98 Å². The first kappa shape index (κ1) is 13.6. The van der Waals surface area contributed by atoms with E-state index in [4.69, 9.17) is 16.9 Å². The Morgan fingerprint density at radius 3 is 2.90 bits per heavy atom. The molecule has 2 heterocycles. The highest BCUT2D eigenvalue weighted by molar-refractivity contribution is 6.17. The number of fused-ring (bicyclic) bond motifs is 1. The minimum Gasteiger partial charge on any atom is -0.323 e. The Labute approximate surface area is 127 Å². The van der Waals surface area contributed by atoms with Crippen molar-refractivity contribution in [3.63, 3.8) is 0 Å². The van der Waals surface area contributed by atoms with Crippen LogP contribution in [0.1, 0.15) is 17.0 Å². The number of rotatable bonds is 4. The number of halogens is 1. The largest absolute Gasteiger partial charge is 0.323 e. The summed E-state index contributed by atoms with van der Waals surface area (Å²) >= 11 is 5.88. The molecule has 5 heteroatoms. The molecule has 0 radical (unpaired) electrons. The molecule has 0 bridgehead atoms. The van der Waals surface area contributed by atoms with Crippen LogP contribution in [0.2, 0.25) is 0 Å². The van der Waals surface area contributed by atoms with Crippen molar-refractivity contribution in [2.24, 2.45) is 0 Å². The molecule has 0 saturated carbocycles. The van der Waals surface area contributed by atoms with Gasteiger partial charge in [0.2, 0.25) is 0 Å². The fraction of sp³-hybridized carbons (Fsp3) is 0.188. The second-order valence-electron chi connectivity index (χ2n) is 4.73. The van der Waals surface area contributed by atoms with Crippen molar-refractivity contribution in [1.29, 1.82) is 5.26 Å². The highest BCUT2D eigenvalue weighted by atomic mass is 35.5. The Bertz CT molecular complexity index is 802. The molecule has 0 aliphatic rings. The zero-order valence-corrected chi connectivity index (χ0v) is 12.1. The van der Waals surface area contributed by atoms with Crippen LogP contribution in [0, 0.1) is 11.3 Å². The molecule has 104 valence electrons. The molecule has 4 nitrogen and oxygen atoms in total. The van der Waals surface area contributed by atoms with Crippen LogP contribution in [0.3, 0.4) is 0 Å². The second kappa shape index (κ2) is 5.94. The summed E-state index contributed by atoms with van der Waals surface area (Å²) in [5.41, 5.74) is 3.57. The Morgan fingerprint density at radius 2 is 2.19 bits per heavy atom. The molecule has 3 aromatic rings. The molecular weight excluding hydrogens is 284 g/mol. The van der Waals surface area contributed by atoms with E-state index in [1.807, 2.05) is 30.5 Å². The molecule has 0 aliphatic carbocycles. The molecule has 2 aromatic heterocycles. The van der Waals surface area contributed by atoms with Gasteiger partial charge in [-0.15, -0.1) is 11.6 Å². The maximum Gasteiger partial charge on any atom is 0.111 e. The maximum atomic E-state index is 9.08. The van der Waals surface area contributed by atoms with E-state index >= 15 is 0 Å². The zero-order chi connectivity index (χ0) is 14.7. The predicted molar refractivity (Wildman–Crippen MR) is 82.2 cm³/mol. The standard InChI is InChI=1S/C16H13ClN4/c17-6-5-16-20-14-4-3-12(9-18)8-15(14)21(16)11-13-2-1-7-19-10-13/h1-4,7-8,10H,5-6,11H2. The first-order valence-corrected chi connectivity index (χ1v) is 7.19. The number of hydrogen-bond acceptors (Lipinski definition) is 3. The van der Waals surface area contributed by atoms with Gasteiger partial charge in [-0.2, -0.15) is 5.26 Å². The number of benzene rings is 1. The number of nitrogens with zero attached hydrogens (tertiary/aromatic N) is 4. The van der Waals surface area contributed by atoms with E-state index in [1.165, 1.54) is 0 Å². The van der Waals surface area contributed by atoms with Gasteiger partial charge in [-0.25, -0.2) is 4.98 Å². The van der Waals surface area contributed by atoms with E-state index in [1.54, 1.807) is 12.3 Å². The fourth-order valence-electron chi connectivity index (χ4n) is 2.37. The van der Waals surface area contributed by atoms with Crippen LogP contribution in [0.5, 0.6) is 0 Å².